The van der Waals surface area contributed by atoms with Crippen LogP contribution in [0.2, 0.25) is 0 Å². The predicted octanol–water partition coefficient (Wildman–Crippen LogP) is 3.24. The molecule has 1 fully saturated rings. The molecular weight excluding hydrogens is 328 g/mol. The van der Waals surface area contributed by atoms with Crippen LogP contribution >= 0.6 is 0 Å². The van der Waals surface area contributed by atoms with Crippen LogP contribution in [0.25, 0.3) is 0 Å². The van der Waals surface area contributed by atoms with E-state index >= 15 is 0 Å². The van der Waals surface area contributed by atoms with Crippen molar-refractivity contribution in [3.05, 3.63) is 65.2 Å². The summed E-state index contributed by atoms with van der Waals surface area (Å²) in [6, 6.07) is 15.0. The number of rotatable bonds is 7. The van der Waals surface area contributed by atoms with Crippen LogP contribution in [0.1, 0.15) is 23.1 Å². The zero-order valence-corrected chi connectivity index (χ0v) is 15.2. The van der Waals surface area contributed by atoms with Gasteiger partial charge in [0.15, 0.2) is 0 Å². The molecule has 0 spiro atoms. The standard InChI is InChI=1S/C21H24N2O3/c1-15-11-16(2)13-18(12-15)26-10-6-9-23-20(24)19(22-21(23)25)14-17-7-4-3-5-8-17/h3-5,7-8,11-13,19H,6,9-10,14H2,1-2H3,(H,22,25). The molecule has 3 rings (SSSR count). The number of benzene rings is 2. The third kappa shape index (κ3) is 4.42. The van der Waals surface area contributed by atoms with Gasteiger partial charge in [-0.25, -0.2) is 4.79 Å². The van der Waals surface area contributed by atoms with E-state index in [9.17, 15) is 9.59 Å². The van der Waals surface area contributed by atoms with Gasteiger partial charge in [-0.3, -0.25) is 9.69 Å². The van der Waals surface area contributed by atoms with Crippen LogP contribution in [0.4, 0.5) is 4.79 Å². The Bertz CT molecular complexity index is 769. The van der Waals surface area contributed by atoms with Crippen molar-refractivity contribution in [2.75, 3.05) is 13.2 Å². The monoisotopic (exact) mass is 352 g/mol. The second kappa shape index (κ2) is 8.04. The maximum absolute atomic E-state index is 12.5. The minimum absolute atomic E-state index is 0.162. The van der Waals surface area contributed by atoms with E-state index in [0.717, 1.165) is 22.4 Å². The summed E-state index contributed by atoms with van der Waals surface area (Å²) < 4.78 is 5.75. The molecular formula is C21H24N2O3. The second-order valence-electron chi connectivity index (χ2n) is 6.71. The Labute approximate surface area is 154 Å². The second-order valence-corrected chi connectivity index (χ2v) is 6.71. The van der Waals surface area contributed by atoms with Gasteiger partial charge in [0.2, 0.25) is 0 Å². The first-order chi connectivity index (χ1) is 12.5. The smallest absolute Gasteiger partial charge is 0.324 e. The highest BCUT2D eigenvalue weighted by molar-refractivity contribution is 6.04. The Morgan fingerprint density at radius 1 is 1.04 bits per heavy atom. The highest BCUT2D eigenvalue weighted by Crippen LogP contribution is 2.17. The molecule has 2 aromatic rings. The number of imide groups is 1. The van der Waals surface area contributed by atoms with Crippen molar-refractivity contribution in [1.29, 1.82) is 0 Å². The maximum Gasteiger partial charge on any atom is 0.324 e. The fourth-order valence-electron chi connectivity index (χ4n) is 3.21. The van der Waals surface area contributed by atoms with Gasteiger partial charge < -0.3 is 10.1 Å². The summed E-state index contributed by atoms with van der Waals surface area (Å²) >= 11 is 0. The minimum Gasteiger partial charge on any atom is -0.494 e. The van der Waals surface area contributed by atoms with Crippen LogP contribution in [0, 0.1) is 13.8 Å². The van der Waals surface area contributed by atoms with E-state index in [1.165, 1.54) is 4.90 Å². The SMILES string of the molecule is Cc1cc(C)cc(OCCCN2C(=O)NC(Cc3ccccc3)C2=O)c1. The third-order valence-corrected chi connectivity index (χ3v) is 4.38. The van der Waals surface area contributed by atoms with Crippen molar-refractivity contribution < 1.29 is 14.3 Å². The Kier molecular flexibility index (Phi) is 5.56. The number of ether oxygens (including phenoxy) is 1. The number of nitrogens with one attached hydrogen (secondary N) is 1. The molecule has 0 aromatic heterocycles. The van der Waals surface area contributed by atoms with Crippen molar-refractivity contribution in [3.63, 3.8) is 0 Å². The first kappa shape index (κ1) is 18.0. The van der Waals surface area contributed by atoms with Crippen molar-refractivity contribution in [2.24, 2.45) is 0 Å². The van der Waals surface area contributed by atoms with Gasteiger partial charge in [-0.2, -0.15) is 0 Å². The number of hydrogen-bond donors (Lipinski definition) is 1. The number of urea groups is 1. The molecule has 1 saturated heterocycles. The number of aryl methyl sites for hydroxylation is 2. The predicted molar refractivity (Wildman–Crippen MR) is 100 cm³/mol. The van der Waals surface area contributed by atoms with Crippen molar-refractivity contribution in [3.8, 4) is 5.75 Å². The molecule has 3 amide bonds. The van der Waals surface area contributed by atoms with Crippen LogP contribution in [0.3, 0.4) is 0 Å². The fourth-order valence-corrected chi connectivity index (χ4v) is 3.21. The first-order valence-electron chi connectivity index (χ1n) is 8.90. The Morgan fingerprint density at radius 2 is 1.73 bits per heavy atom. The quantitative estimate of drug-likeness (QED) is 0.615. The molecule has 136 valence electrons. The molecule has 5 nitrogen and oxygen atoms in total. The Balaban J connectivity index is 1.48. The summed E-state index contributed by atoms with van der Waals surface area (Å²) in [6.07, 6.45) is 1.12. The topological polar surface area (TPSA) is 58.6 Å². The van der Waals surface area contributed by atoms with Crippen molar-refractivity contribution in [1.82, 2.24) is 10.2 Å². The van der Waals surface area contributed by atoms with Crippen molar-refractivity contribution in [2.45, 2.75) is 32.7 Å². The minimum atomic E-state index is -0.481. The molecule has 1 aliphatic rings. The highest BCUT2D eigenvalue weighted by Gasteiger charge is 2.37. The van der Waals surface area contributed by atoms with Crippen LogP contribution in [0.15, 0.2) is 48.5 Å². The number of hydrogen-bond acceptors (Lipinski definition) is 3. The van der Waals surface area contributed by atoms with E-state index in [1.54, 1.807) is 0 Å². The summed E-state index contributed by atoms with van der Waals surface area (Å²) in [4.78, 5) is 25.9. The molecule has 1 atom stereocenters. The third-order valence-electron chi connectivity index (χ3n) is 4.38. The molecule has 0 aliphatic carbocycles. The first-order valence-corrected chi connectivity index (χ1v) is 8.90. The maximum atomic E-state index is 12.5. The largest absolute Gasteiger partial charge is 0.494 e. The molecule has 1 unspecified atom stereocenters. The summed E-state index contributed by atoms with van der Waals surface area (Å²) in [6.45, 7) is 4.88. The van der Waals surface area contributed by atoms with Crippen LogP contribution in [-0.2, 0) is 11.2 Å². The molecule has 0 bridgehead atoms. The van der Waals surface area contributed by atoms with Gasteiger partial charge in [-0.05, 0) is 49.1 Å². The number of carbonyl (C=O) groups excluding carboxylic acids is 2. The number of amides is 3. The van der Waals surface area contributed by atoms with E-state index in [2.05, 4.69) is 11.4 Å². The van der Waals surface area contributed by atoms with Gasteiger partial charge in [0.25, 0.3) is 5.91 Å². The lowest BCUT2D eigenvalue weighted by Gasteiger charge is -2.14. The molecule has 5 heteroatoms. The zero-order chi connectivity index (χ0) is 18.5. The zero-order valence-electron chi connectivity index (χ0n) is 15.2. The van der Waals surface area contributed by atoms with E-state index in [4.69, 9.17) is 4.74 Å². The number of carbonyl (C=O) groups is 2. The van der Waals surface area contributed by atoms with Gasteiger partial charge in [0.05, 0.1) is 6.61 Å². The van der Waals surface area contributed by atoms with Gasteiger partial charge >= 0.3 is 6.03 Å². The molecule has 1 heterocycles. The van der Waals surface area contributed by atoms with Crippen LogP contribution in [0.5, 0.6) is 5.75 Å². The fraction of sp³-hybridized carbons (Fsp3) is 0.333. The Morgan fingerprint density at radius 3 is 2.42 bits per heavy atom. The molecule has 0 saturated carbocycles. The summed E-state index contributed by atoms with van der Waals surface area (Å²) in [5, 5.41) is 2.77. The number of nitrogens with zero attached hydrogens (tertiary/aromatic N) is 1. The summed E-state index contributed by atoms with van der Waals surface area (Å²) in [7, 11) is 0. The van der Waals surface area contributed by atoms with Gasteiger partial charge in [0.1, 0.15) is 11.8 Å². The Hall–Kier alpha value is -2.82. The van der Waals surface area contributed by atoms with Crippen LogP contribution < -0.4 is 10.1 Å². The van der Waals surface area contributed by atoms with E-state index < -0.39 is 6.04 Å². The van der Waals surface area contributed by atoms with E-state index in [-0.39, 0.29) is 11.9 Å². The summed E-state index contributed by atoms with van der Waals surface area (Å²) in [5.74, 6) is 0.659. The normalized spacial score (nSPS) is 16.7. The van der Waals surface area contributed by atoms with Crippen LogP contribution in [-0.4, -0.2) is 36.0 Å². The lowest BCUT2D eigenvalue weighted by atomic mass is 10.1. The molecule has 2 aromatic carbocycles. The lowest BCUT2D eigenvalue weighted by Crippen LogP contribution is -2.33. The average Bonchev–Trinajstić information content (AvgIpc) is 2.86. The van der Waals surface area contributed by atoms with Gasteiger partial charge in [-0.15, -0.1) is 0 Å². The average molecular weight is 352 g/mol. The highest BCUT2D eigenvalue weighted by atomic mass is 16.5. The lowest BCUT2D eigenvalue weighted by molar-refractivity contribution is -0.127. The van der Waals surface area contributed by atoms with E-state index in [0.29, 0.717) is 26.0 Å². The molecule has 26 heavy (non-hydrogen) atoms. The molecule has 1 aliphatic heterocycles. The van der Waals surface area contributed by atoms with Gasteiger partial charge in [0, 0.05) is 13.0 Å². The molecule has 1 N–H and O–H groups in total. The van der Waals surface area contributed by atoms with Gasteiger partial charge in [-0.1, -0.05) is 36.4 Å². The summed E-state index contributed by atoms with van der Waals surface area (Å²) in [5.41, 5.74) is 3.34. The molecule has 0 radical (unpaired) electrons. The van der Waals surface area contributed by atoms with Crippen molar-refractivity contribution >= 4 is 11.9 Å². The van der Waals surface area contributed by atoms with E-state index in [1.807, 2.05) is 56.3 Å².